The van der Waals surface area contributed by atoms with Crippen LogP contribution in [0.25, 0.3) is 0 Å². The van der Waals surface area contributed by atoms with Gasteiger partial charge in [0.05, 0.1) is 6.54 Å². The Bertz CT molecular complexity index is 942. The zero-order valence-electron chi connectivity index (χ0n) is 15.8. The van der Waals surface area contributed by atoms with Gasteiger partial charge in [0.2, 0.25) is 11.8 Å². The molecule has 148 valence electrons. The minimum Gasteiger partial charge on any atom is -0.376 e. The number of amides is 2. The van der Waals surface area contributed by atoms with E-state index >= 15 is 0 Å². The highest BCUT2D eigenvalue weighted by molar-refractivity contribution is 6.30. The Morgan fingerprint density at radius 1 is 0.690 bits per heavy atom. The molecule has 3 aromatic rings. The van der Waals surface area contributed by atoms with Gasteiger partial charge in [-0.3, -0.25) is 9.59 Å². The second kappa shape index (κ2) is 10.3. The molecule has 0 unspecified atom stereocenters. The highest BCUT2D eigenvalue weighted by Crippen LogP contribution is 2.15. The number of benzene rings is 3. The van der Waals surface area contributed by atoms with Crippen molar-refractivity contribution in [3.8, 4) is 0 Å². The number of anilines is 3. The van der Waals surface area contributed by atoms with Crippen LogP contribution in [-0.4, -0.2) is 18.4 Å². The van der Waals surface area contributed by atoms with Gasteiger partial charge in [-0.1, -0.05) is 41.9 Å². The molecular formula is C23H22ClN3O2. The molecule has 0 aliphatic carbocycles. The molecule has 0 saturated heterocycles. The first kappa shape index (κ1) is 20.4. The van der Waals surface area contributed by atoms with E-state index < -0.39 is 0 Å². The Morgan fingerprint density at radius 3 is 1.90 bits per heavy atom. The molecule has 0 atom stereocenters. The minimum atomic E-state index is -0.161. The second-order valence-electron chi connectivity index (χ2n) is 6.52. The van der Waals surface area contributed by atoms with Crippen molar-refractivity contribution in [2.24, 2.45) is 0 Å². The van der Waals surface area contributed by atoms with Gasteiger partial charge < -0.3 is 16.0 Å². The Kier molecular flexibility index (Phi) is 7.25. The first-order valence-corrected chi connectivity index (χ1v) is 9.69. The van der Waals surface area contributed by atoms with E-state index in [-0.39, 0.29) is 18.4 Å². The SMILES string of the molecule is O=C(CCc1ccccc1)Nc1ccc(NCC(=O)Nc2ccc(Cl)cc2)cc1. The molecule has 3 N–H and O–H groups in total. The fourth-order valence-corrected chi connectivity index (χ4v) is 2.84. The lowest BCUT2D eigenvalue weighted by Gasteiger charge is -2.09. The predicted octanol–water partition coefficient (Wildman–Crippen LogP) is 4.96. The molecule has 0 aliphatic heterocycles. The number of aryl methyl sites for hydroxylation is 1. The lowest BCUT2D eigenvalue weighted by molar-refractivity contribution is -0.116. The van der Waals surface area contributed by atoms with Gasteiger partial charge in [-0.05, 0) is 60.5 Å². The first-order valence-electron chi connectivity index (χ1n) is 9.31. The lowest BCUT2D eigenvalue weighted by Crippen LogP contribution is -2.21. The third-order valence-electron chi connectivity index (χ3n) is 4.23. The van der Waals surface area contributed by atoms with Crippen LogP contribution in [0, 0.1) is 0 Å². The summed E-state index contributed by atoms with van der Waals surface area (Å²) in [6.45, 7) is 0.130. The number of hydrogen-bond acceptors (Lipinski definition) is 3. The van der Waals surface area contributed by atoms with Crippen LogP contribution >= 0.6 is 11.6 Å². The predicted molar refractivity (Wildman–Crippen MR) is 118 cm³/mol. The molecule has 5 nitrogen and oxygen atoms in total. The van der Waals surface area contributed by atoms with E-state index in [2.05, 4.69) is 16.0 Å². The van der Waals surface area contributed by atoms with Crippen LogP contribution in [0.4, 0.5) is 17.1 Å². The number of nitrogens with one attached hydrogen (secondary N) is 3. The molecule has 0 heterocycles. The summed E-state index contributed by atoms with van der Waals surface area (Å²) in [7, 11) is 0. The minimum absolute atomic E-state index is 0.0306. The Morgan fingerprint density at radius 2 is 1.24 bits per heavy atom. The first-order chi connectivity index (χ1) is 14.1. The largest absolute Gasteiger partial charge is 0.376 e. The topological polar surface area (TPSA) is 70.2 Å². The maximum absolute atomic E-state index is 12.1. The standard InChI is InChI=1S/C23H22ClN3O2/c24-18-7-9-20(10-8-18)27-23(29)16-25-19-11-13-21(14-12-19)26-22(28)15-6-17-4-2-1-3-5-17/h1-5,7-14,25H,6,15-16H2,(H,26,28)(H,27,29). The fraction of sp³-hybridized carbons (Fsp3) is 0.130. The Labute approximate surface area is 175 Å². The Hall–Kier alpha value is -3.31. The summed E-state index contributed by atoms with van der Waals surface area (Å²) in [6, 6.07) is 24.1. The third kappa shape index (κ3) is 6.97. The van der Waals surface area contributed by atoms with E-state index in [9.17, 15) is 9.59 Å². The zero-order valence-corrected chi connectivity index (χ0v) is 16.6. The molecule has 0 spiro atoms. The molecule has 0 aromatic heterocycles. The maximum atomic E-state index is 12.1. The highest BCUT2D eigenvalue weighted by atomic mass is 35.5. The summed E-state index contributed by atoms with van der Waals surface area (Å²) >= 11 is 5.83. The van der Waals surface area contributed by atoms with Crippen LogP contribution in [-0.2, 0) is 16.0 Å². The van der Waals surface area contributed by atoms with Crippen molar-refractivity contribution < 1.29 is 9.59 Å². The zero-order chi connectivity index (χ0) is 20.5. The van der Waals surface area contributed by atoms with Gasteiger partial charge in [0.1, 0.15) is 0 Å². The average molecular weight is 408 g/mol. The van der Waals surface area contributed by atoms with Gasteiger partial charge in [-0.25, -0.2) is 0 Å². The van der Waals surface area contributed by atoms with Crippen LogP contribution < -0.4 is 16.0 Å². The summed E-state index contributed by atoms with van der Waals surface area (Å²) in [5.41, 5.74) is 3.34. The van der Waals surface area contributed by atoms with Gasteiger partial charge in [-0.15, -0.1) is 0 Å². The van der Waals surface area contributed by atoms with Gasteiger partial charge >= 0.3 is 0 Å². The maximum Gasteiger partial charge on any atom is 0.243 e. The van der Waals surface area contributed by atoms with Crippen molar-refractivity contribution in [3.05, 3.63) is 89.4 Å². The van der Waals surface area contributed by atoms with E-state index in [1.807, 2.05) is 42.5 Å². The molecule has 0 fully saturated rings. The molecule has 0 saturated carbocycles. The highest BCUT2D eigenvalue weighted by Gasteiger charge is 2.05. The van der Waals surface area contributed by atoms with E-state index in [0.29, 0.717) is 23.6 Å². The van der Waals surface area contributed by atoms with Crippen LogP contribution in [0.15, 0.2) is 78.9 Å². The van der Waals surface area contributed by atoms with Crippen molar-refractivity contribution in [2.75, 3.05) is 22.5 Å². The molecule has 0 radical (unpaired) electrons. The summed E-state index contributed by atoms with van der Waals surface area (Å²) in [4.78, 5) is 24.1. The average Bonchev–Trinajstić information content (AvgIpc) is 2.74. The number of carbonyl (C=O) groups is 2. The third-order valence-corrected chi connectivity index (χ3v) is 4.49. The molecule has 3 aromatic carbocycles. The number of rotatable bonds is 8. The van der Waals surface area contributed by atoms with Gasteiger partial charge in [-0.2, -0.15) is 0 Å². The van der Waals surface area contributed by atoms with Gasteiger partial charge in [0, 0.05) is 28.5 Å². The molecular weight excluding hydrogens is 386 g/mol. The van der Waals surface area contributed by atoms with Crippen molar-refractivity contribution in [3.63, 3.8) is 0 Å². The van der Waals surface area contributed by atoms with Gasteiger partial charge in [0.15, 0.2) is 0 Å². The van der Waals surface area contributed by atoms with Crippen molar-refractivity contribution >= 4 is 40.5 Å². The molecule has 0 aliphatic rings. The normalized spacial score (nSPS) is 10.2. The number of carbonyl (C=O) groups excluding carboxylic acids is 2. The lowest BCUT2D eigenvalue weighted by atomic mass is 10.1. The van der Waals surface area contributed by atoms with Crippen molar-refractivity contribution in [2.45, 2.75) is 12.8 Å². The summed E-state index contributed by atoms with van der Waals surface area (Å²) in [6.07, 6.45) is 1.13. The van der Waals surface area contributed by atoms with E-state index in [0.717, 1.165) is 16.9 Å². The van der Waals surface area contributed by atoms with Crippen LogP contribution in [0.1, 0.15) is 12.0 Å². The molecule has 0 bridgehead atoms. The van der Waals surface area contributed by atoms with E-state index in [4.69, 9.17) is 11.6 Å². The Balaban J connectivity index is 1.41. The smallest absolute Gasteiger partial charge is 0.243 e. The number of hydrogen-bond donors (Lipinski definition) is 3. The van der Waals surface area contributed by atoms with E-state index in [1.165, 1.54) is 0 Å². The number of halogens is 1. The van der Waals surface area contributed by atoms with Crippen LogP contribution in [0.5, 0.6) is 0 Å². The van der Waals surface area contributed by atoms with Crippen molar-refractivity contribution in [1.29, 1.82) is 0 Å². The second-order valence-corrected chi connectivity index (χ2v) is 6.96. The monoisotopic (exact) mass is 407 g/mol. The fourth-order valence-electron chi connectivity index (χ4n) is 2.72. The molecule has 29 heavy (non-hydrogen) atoms. The molecule has 2 amide bonds. The molecule has 3 rings (SSSR count). The summed E-state index contributed by atoms with van der Waals surface area (Å²) in [5.74, 6) is -0.192. The van der Waals surface area contributed by atoms with E-state index in [1.54, 1.807) is 36.4 Å². The van der Waals surface area contributed by atoms with Crippen LogP contribution in [0.2, 0.25) is 5.02 Å². The summed E-state index contributed by atoms with van der Waals surface area (Å²) < 4.78 is 0. The van der Waals surface area contributed by atoms with Gasteiger partial charge in [0.25, 0.3) is 0 Å². The quantitative estimate of drug-likeness (QED) is 0.494. The molecule has 6 heteroatoms. The van der Waals surface area contributed by atoms with Crippen molar-refractivity contribution in [1.82, 2.24) is 0 Å². The summed E-state index contributed by atoms with van der Waals surface area (Å²) in [5, 5.41) is 9.34. The van der Waals surface area contributed by atoms with Crippen LogP contribution in [0.3, 0.4) is 0 Å².